The fourth-order valence-electron chi connectivity index (χ4n) is 2.53. The van der Waals surface area contributed by atoms with Gasteiger partial charge in [-0.25, -0.2) is 0 Å². The summed E-state index contributed by atoms with van der Waals surface area (Å²) >= 11 is 0. The number of carbonyl (C=O) groups excluding carboxylic acids is 1. The highest BCUT2D eigenvalue weighted by molar-refractivity contribution is 5.94. The van der Waals surface area contributed by atoms with Crippen LogP contribution in [0.4, 0.5) is 0 Å². The van der Waals surface area contributed by atoms with Crippen LogP contribution in [0.1, 0.15) is 44.5 Å². The highest BCUT2D eigenvalue weighted by Crippen LogP contribution is 2.37. The molecule has 1 aliphatic rings. The number of rotatable bonds is 2. The Morgan fingerprint density at radius 2 is 1.94 bits per heavy atom. The van der Waals surface area contributed by atoms with Crippen LogP contribution in [0.5, 0.6) is 0 Å². The van der Waals surface area contributed by atoms with Crippen molar-refractivity contribution in [1.82, 2.24) is 10.3 Å². The first kappa shape index (κ1) is 13.0. The van der Waals surface area contributed by atoms with Gasteiger partial charge in [0.15, 0.2) is 0 Å². The molecule has 18 heavy (non-hydrogen) atoms. The average Bonchev–Trinajstić information content (AvgIpc) is 2.48. The molecule has 0 bridgehead atoms. The second-order valence-electron chi connectivity index (χ2n) is 5.93. The lowest BCUT2D eigenvalue weighted by Gasteiger charge is -2.27. The summed E-state index contributed by atoms with van der Waals surface area (Å²) in [6, 6.07) is 3.44. The standard InChI is InChI=1S/C14H20N2O2/c1-13(2)9-11(14(3,4)18-13)16-12(17)10-5-7-15-8-6-10/h5-8,11H,9H2,1-4H3,(H,16,17). The molecule has 0 aliphatic carbocycles. The van der Waals surface area contributed by atoms with Gasteiger partial charge in [0.25, 0.3) is 5.91 Å². The van der Waals surface area contributed by atoms with Crippen LogP contribution < -0.4 is 5.32 Å². The van der Waals surface area contributed by atoms with E-state index in [1.54, 1.807) is 24.5 Å². The molecule has 0 radical (unpaired) electrons. The van der Waals surface area contributed by atoms with Gasteiger partial charge in [0.05, 0.1) is 17.2 Å². The molecule has 1 aliphatic heterocycles. The van der Waals surface area contributed by atoms with E-state index in [-0.39, 0.29) is 23.2 Å². The Hall–Kier alpha value is -1.42. The fourth-order valence-corrected chi connectivity index (χ4v) is 2.53. The maximum atomic E-state index is 12.1. The van der Waals surface area contributed by atoms with Crippen molar-refractivity contribution in [2.75, 3.05) is 0 Å². The number of nitrogens with one attached hydrogen (secondary N) is 1. The van der Waals surface area contributed by atoms with Gasteiger partial charge < -0.3 is 10.1 Å². The molecule has 1 unspecified atom stereocenters. The summed E-state index contributed by atoms with van der Waals surface area (Å²) in [6.45, 7) is 8.12. The van der Waals surface area contributed by atoms with Gasteiger partial charge in [-0.2, -0.15) is 0 Å². The lowest BCUT2D eigenvalue weighted by molar-refractivity contribution is -0.0693. The summed E-state index contributed by atoms with van der Waals surface area (Å²) in [7, 11) is 0. The molecule has 1 N–H and O–H groups in total. The van der Waals surface area contributed by atoms with Crippen LogP contribution in [0.25, 0.3) is 0 Å². The van der Waals surface area contributed by atoms with E-state index in [0.717, 1.165) is 6.42 Å². The summed E-state index contributed by atoms with van der Waals surface area (Å²) < 4.78 is 5.96. The van der Waals surface area contributed by atoms with Gasteiger partial charge in [-0.15, -0.1) is 0 Å². The number of ether oxygens (including phenoxy) is 1. The third kappa shape index (κ3) is 2.70. The van der Waals surface area contributed by atoms with Gasteiger partial charge in [-0.3, -0.25) is 9.78 Å². The molecule has 1 amide bonds. The smallest absolute Gasteiger partial charge is 0.251 e. The number of carbonyl (C=O) groups is 1. The number of hydrogen-bond donors (Lipinski definition) is 1. The monoisotopic (exact) mass is 248 g/mol. The summed E-state index contributed by atoms with van der Waals surface area (Å²) in [5.74, 6) is -0.0724. The summed E-state index contributed by atoms with van der Waals surface area (Å²) in [5, 5.41) is 3.05. The zero-order chi connectivity index (χ0) is 13.4. The molecule has 1 aromatic rings. The first-order valence-electron chi connectivity index (χ1n) is 6.21. The minimum Gasteiger partial charge on any atom is -0.367 e. The molecule has 1 fully saturated rings. The maximum Gasteiger partial charge on any atom is 0.251 e. The number of amides is 1. The minimum absolute atomic E-state index is 0.0214. The Morgan fingerprint density at radius 1 is 1.33 bits per heavy atom. The third-order valence-electron chi connectivity index (χ3n) is 3.32. The van der Waals surface area contributed by atoms with Crippen LogP contribution in [-0.4, -0.2) is 28.1 Å². The molecule has 1 aromatic heterocycles. The largest absolute Gasteiger partial charge is 0.367 e. The number of nitrogens with zero attached hydrogens (tertiary/aromatic N) is 1. The summed E-state index contributed by atoms with van der Waals surface area (Å²) in [4.78, 5) is 16.0. The van der Waals surface area contributed by atoms with E-state index in [0.29, 0.717) is 5.56 Å². The van der Waals surface area contributed by atoms with Crippen LogP contribution in [0.3, 0.4) is 0 Å². The lowest BCUT2D eigenvalue weighted by atomic mass is 9.94. The molecule has 1 saturated heterocycles. The zero-order valence-corrected chi connectivity index (χ0v) is 11.4. The average molecular weight is 248 g/mol. The van der Waals surface area contributed by atoms with Gasteiger partial charge in [-0.05, 0) is 46.2 Å². The van der Waals surface area contributed by atoms with Crippen LogP contribution in [-0.2, 0) is 4.74 Å². The predicted molar refractivity (Wildman–Crippen MR) is 69.4 cm³/mol. The second kappa shape index (κ2) is 4.35. The number of hydrogen-bond acceptors (Lipinski definition) is 3. The number of pyridine rings is 1. The van der Waals surface area contributed by atoms with Crippen molar-refractivity contribution in [3.05, 3.63) is 30.1 Å². The lowest BCUT2D eigenvalue weighted by Crippen LogP contribution is -2.46. The van der Waals surface area contributed by atoms with Crippen molar-refractivity contribution in [2.24, 2.45) is 0 Å². The van der Waals surface area contributed by atoms with E-state index in [1.807, 2.05) is 27.7 Å². The van der Waals surface area contributed by atoms with E-state index in [4.69, 9.17) is 4.74 Å². The van der Waals surface area contributed by atoms with Crippen LogP contribution >= 0.6 is 0 Å². The highest BCUT2D eigenvalue weighted by atomic mass is 16.5. The van der Waals surface area contributed by atoms with E-state index >= 15 is 0 Å². The molecule has 2 rings (SSSR count). The Labute approximate surface area is 108 Å². The van der Waals surface area contributed by atoms with Crippen molar-refractivity contribution < 1.29 is 9.53 Å². The molecular formula is C14H20N2O2. The minimum atomic E-state index is -0.341. The van der Waals surface area contributed by atoms with E-state index in [1.165, 1.54) is 0 Å². The molecular weight excluding hydrogens is 228 g/mol. The molecule has 1 atom stereocenters. The summed E-state index contributed by atoms with van der Waals surface area (Å²) in [6.07, 6.45) is 4.06. The molecule has 4 heteroatoms. The third-order valence-corrected chi connectivity index (χ3v) is 3.32. The Morgan fingerprint density at radius 3 is 2.44 bits per heavy atom. The Balaban J connectivity index is 2.09. The predicted octanol–water partition coefficient (Wildman–Crippen LogP) is 2.16. The second-order valence-corrected chi connectivity index (χ2v) is 5.93. The van der Waals surface area contributed by atoms with Gasteiger partial charge in [0, 0.05) is 18.0 Å². The van der Waals surface area contributed by atoms with E-state index in [9.17, 15) is 4.79 Å². The molecule has 2 heterocycles. The van der Waals surface area contributed by atoms with E-state index < -0.39 is 0 Å². The maximum absolute atomic E-state index is 12.1. The van der Waals surface area contributed by atoms with Crippen molar-refractivity contribution in [3.63, 3.8) is 0 Å². The van der Waals surface area contributed by atoms with Crippen LogP contribution in [0, 0.1) is 0 Å². The van der Waals surface area contributed by atoms with Crippen molar-refractivity contribution >= 4 is 5.91 Å². The molecule has 98 valence electrons. The first-order chi connectivity index (χ1) is 8.30. The van der Waals surface area contributed by atoms with Gasteiger partial charge in [-0.1, -0.05) is 0 Å². The van der Waals surface area contributed by atoms with E-state index in [2.05, 4.69) is 10.3 Å². The normalized spacial score (nSPS) is 24.8. The molecule has 0 saturated carbocycles. The van der Waals surface area contributed by atoms with Crippen molar-refractivity contribution in [2.45, 2.75) is 51.4 Å². The van der Waals surface area contributed by atoms with Gasteiger partial charge in [0.2, 0.25) is 0 Å². The molecule has 0 spiro atoms. The Kier molecular flexibility index (Phi) is 3.15. The molecule has 4 nitrogen and oxygen atoms in total. The topological polar surface area (TPSA) is 51.2 Å². The van der Waals surface area contributed by atoms with Crippen LogP contribution in [0.15, 0.2) is 24.5 Å². The van der Waals surface area contributed by atoms with Crippen molar-refractivity contribution in [3.8, 4) is 0 Å². The van der Waals surface area contributed by atoms with Gasteiger partial charge >= 0.3 is 0 Å². The van der Waals surface area contributed by atoms with Crippen molar-refractivity contribution in [1.29, 1.82) is 0 Å². The molecule has 0 aromatic carbocycles. The Bertz CT molecular complexity index is 440. The van der Waals surface area contributed by atoms with Gasteiger partial charge in [0.1, 0.15) is 0 Å². The quantitative estimate of drug-likeness (QED) is 0.872. The SMILES string of the molecule is CC1(C)CC(NC(=O)c2ccncc2)C(C)(C)O1. The fraction of sp³-hybridized carbons (Fsp3) is 0.571. The highest BCUT2D eigenvalue weighted by Gasteiger charge is 2.46. The van der Waals surface area contributed by atoms with Crippen LogP contribution in [0.2, 0.25) is 0 Å². The zero-order valence-electron chi connectivity index (χ0n) is 11.4. The first-order valence-corrected chi connectivity index (χ1v) is 6.21. The summed E-state index contributed by atoms with van der Waals surface area (Å²) in [5.41, 5.74) is 0.0943. The number of aromatic nitrogens is 1.